The van der Waals surface area contributed by atoms with Crippen molar-refractivity contribution in [3.8, 4) is 17.4 Å². The molecular formula is C51H66F2N8O10S. The number of thiophene rings is 1. The summed E-state index contributed by atoms with van der Waals surface area (Å²) in [6, 6.07) is 6.50. The summed E-state index contributed by atoms with van der Waals surface area (Å²) < 4.78 is 72.4. The number of likely N-dealkylation sites (tertiary alicyclic amines) is 1. The van der Waals surface area contributed by atoms with Gasteiger partial charge in [0.25, 0.3) is 11.8 Å². The number of nitrogens with zero attached hydrogens (tertiary/aromatic N) is 6. The third-order valence-corrected chi connectivity index (χ3v) is 14.5. The molecule has 2 aliphatic heterocycles. The lowest BCUT2D eigenvalue weighted by atomic mass is 9.83. The number of rotatable bonds is 25. The summed E-state index contributed by atoms with van der Waals surface area (Å²) in [4.78, 5) is 51.3. The average molecular weight is 1020 g/mol. The highest BCUT2D eigenvalue weighted by atomic mass is 32.1. The van der Waals surface area contributed by atoms with Crippen molar-refractivity contribution in [1.29, 1.82) is 0 Å². The maximum absolute atomic E-state index is 14.6. The van der Waals surface area contributed by atoms with E-state index in [1.54, 1.807) is 47.5 Å². The molecule has 4 aromatic heterocycles. The molecule has 390 valence electrons. The Balaban J connectivity index is 0.713. The normalized spacial score (nSPS) is 17.1. The Labute approximate surface area is 421 Å². The molecule has 0 bridgehead atoms. The van der Waals surface area contributed by atoms with Crippen LogP contribution in [0.25, 0.3) is 21.1 Å². The molecule has 1 aliphatic carbocycles. The predicted octanol–water partition coefficient (Wildman–Crippen LogP) is 5.73. The van der Waals surface area contributed by atoms with Crippen LogP contribution in [-0.2, 0) is 37.4 Å². The standard InChI is InChI=1S/C51H66F2N8O10S/c1-4-40(54-2)49(62)56-45(34-8-6-5-7-9-34)50(63)60-17-19-61(20-18-60)51(64)46-47(37-31-38(52)39(53)32-42(37)58(46)3)69-28-26-67-24-22-65-21-23-66-25-27-68-44-30-36(71-57-44)33-59-15-11-35(12-16-59)70-43-10-14-55-41-13-29-72-48(41)43/h4,10,13-14,29-32,34-35,40,45,54H,1,5-9,11-12,15-28,33H2,2-3H3,(H,56,62)/t40-,45-/m0/s1. The Morgan fingerprint density at radius 2 is 1.53 bits per heavy atom. The van der Waals surface area contributed by atoms with Gasteiger partial charge in [0.05, 0.1) is 61.9 Å². The van der Waals surface area contributed by atoms with Crippen LogP contribution < -0.4 is 24.8 Å². The lowest BCUT2D eigenvalue weighted by Gasteiger charge is -2.39. The third-order valence-electron chi connectivity index (χ3n) is 13.5. The van der Waals surface area contributed by atoms with Gasteiger partial charge in [-0.25, -0.2) is 8.78 Å². The molecule has 3 fully saturated rings. The highest BCUT2D eigenvalue weighted by Gasteiger charge is 2.37. The SMILES string of the molecule is C=C[C@H](NC)C(=O)N[C@H](C(=O)N1CCN(C(=O)c2c(OCCOCCOCCOCCOc3cc(CN4CCC(Oc5ccnc6ccsc56)CC4)on3)c3cc(F)c(F)cc3n2C)CC1)C1CCCCC1. The number of pyridine rings is 1. The second-order valence-electron chi connectivity index (χ2n) is 18.2. The number of halogens is 2. The van der Waals surface area contributed by atoms with Crippen LogP contribution in [0.15, 0.2) is 59.1 Å². The topological polar surface area (TPSA) is 184 Å². The number of ether oxygens (including phenoxy) is 6. The summed E-state index contributed by atoms with van der Waals surface area (Å²) in [6.07, 6.45) is 10.0. The zero-order valence-corrected chi connectivity index (χ0v) is 41.9. The first-order valence-corrected chi connectivity index (χ1v) is 25.8. The molecule has 2 atom stereocenters. The van der Waals surface area contributed by atoms with Crippen LogP contribution in [0.2, 0.25) is 0 Å². The molecule has 0 spiro atoms. The zero-order chi connectivity index (χ0) is 50.4. The van der Waals surface area contributed by atoms with E-state index >= 15 is 0 Å². The van der Waals surface area contributed by atoms with E-state index in [1.165, 1.54) is 10.6 Å². The summed E-state index contributed by atoms with van der Waals surface area (Å²) >= 11 is 1.65. The van der Waals surface area contributed by atoms with E-state index in [2.05, 4.69) is 32.3 Å². The van der Waals surface area contributed by atoms with Crippen molar-refractivity contribution >= 4 is 50.2 Å². The molecule has 3 aliphatic rings. The van der Waals surface area contributed by atoms with Crippen molar-refractivity contribution in [1.82, 2.24) is 40.0 Å². The highest BCUT2D eigenvalue weighted by molar-refractivity contribution is 7.17. The van der Waals surface area contributed by atoms with Gasteiger partial charge in [0.15, 0.2) is 28.8 Å². The van der Waals surface area contributed by atoms with Crippen LogP contribution in [0.3, 0.4) is 0 Å². The Hall–Kier alpha value is -5.71. The van der Waals surface area contributed by atoms with E-state index in [1.807, 2.05) is 17.5 Å². The molecule has 3 amide bonds. The van der Waals surface area contributed by atoms with Crippen molar-refractivity contribution < 1.29 is 56.1 Å². The quantitative estimate of drug-likeness (QED) is 0.0534. The van der Waals surface area contributed by atoms with Crippen LogP contribution >= 0.6 is 11.3 Å². The van der Waals surface area contributed by atoms with E-state index in [0.717, 1.165) is 91.9 Å². The molecular weight excluding hydrogens is 955 g/mol. The van der Waals surface area contributed by atoms with E-state index < -0.39 is 29.6 Å². The van der Waals surface area contributed by atoms with Crippen LogP contribution in [0.5, 0.6) is 17.4 Å². The highest BCUT2D eigenvalue weighted by Crippen LogP contribution is 2.36. The first-order valence-electron chi connectivity index (χ1n) is 24.9. The Kier molecular flexibility index (Phi) is 18.8. The number of aromatic nitrogens is 3. The number of carbonyl (C=O) groups is 3. The fourth-order valence-corrected chi connectivity index (χ4v) is 10.4. The smallest absolute Gasteiger partial charge is 0.274 e. The second-order valence-corrected chi connectivity index (χ2v) is 19.1. The molecule has 2 N–H and O–H groups in total. The zero-order valence-electron chi connectivity index (χ0n) is 41.1. The summed E-state index contributed by atoms with van der Waals surface area (Å²) in [5.41, 5.74) is 1.37. The van der Waals surface area contributed by atoms with Crippen molar-refractivity contribution in [3.63, 3.8) is 0 Å². The fraction of sp³-hybridized carbons (Fsp3) is 0.549. The van der Waals surface area contributed by atoms with Crippen molar-refractivity contribution in [2.45, 2.75) is 69.7 Å². The molecule has 0 radical (unpaired) electrons. The molecule has 1 saturated carbocycles. The van der Waals surface area contributed by atoms with Crippen LogP contribution in [0.4, 0.5) is 8.78 Å². The number of nitrogens with one attached hydrogen (secondary N) is 2. The minimum absolute atomic E-state index is 0.00838. The van der Waals surface area contributed by atoms with Crippen molar-refractivity contribution in [2.75, 3.05) is 99.2 Å². The number of piperidine rings is 1. The van der Waals surface area contributed by atoms with Gasteiger partial charge in [-0.05, 0) is 67.4 Å². The van der Waals surface area contributed by atoms with Gasteiger partial charge < -0.3 is 57.9 Å². The predicted molar refractivity (Wildman–Crippen MR) is 265 cm³/mol. The summed E-state index contributed by atoms with van der Waals surface area (Å²) in [5, 5.41) is 12.2. The fourth-order valence-electron chi connectivity index (χ4n) is 9.62. The molecule has 8 rings (SSSR count). The number of amides is 3. The van der Waals surface area contributed by atoms with Crippen molar-refractivity contribution in [2.24, 2.45) is 13.0 Å². The van der Waals surface area contributed by atoms with Crippen LogP contribution in [0.1, 0.15) is 61.2 Å². The number of likely N-dealkylation sites (N-methyl/N-ethyl adjacent to an activating group) is 1. The largest absolute Gasteiger partial charge is 0.489 e. The van der Waals surface area contributed by atoms with Gasteiger partial charge in [0.1, 0.15) is 37.2 Å². The van der Waals surface area contributed by atoms with Gasteiger partial charge in [0, 0.05) is 70.0 Å². The first-order chi connectivity index (χ1) is 35.1. The number of carbonyl (C=O) groups excluding carboxylic acids is 3. The molecule has 18 nitrogen and oxygen atoms in total. The molecule has 6 heterocycles. The minimum Gasteiger partial charge on any atom is -0.489 e. The van der Waals surface area contributed by atoms with E-state index in [4.69, 9.17) is 32.9 Å². The average Bonchev–Trinajstić information content (AvgIpc) is 4.14. The summed E-state index contributed by atoms with van der Waals surface area (Å²) in [5.74, 6) is -0.853. The van der Waals surface area contributed by atoms with Gasteiger partial charge in [0.2, 0.25) is 11.8 Å². The van der Waals surface area contributed by atoms with Gasteiger partial charge >= 0.3 is 0 Å². The van der Waals surface area contributed by atoms with E-state index in [9.17, 15) is 23.2 Å². The first kappa shape index (κ1) is 52.6. The number of fused-ring (bicyclic) bond motifs is 2. The van der Waals surface area contributed by atoms with Crippen LogP contribution in [0, 0.1) is 17.6 Å². The van der Waals surface area contributed by atoms with Gasteiger partial charge in [-0.15, -0.1) is 17.9 Å². The second kappa shape index (κ2) is 25.8. The molecule has 5 aromatic rings. The number of hydrogen-bond acceptors (Lipinski definition) is 15. The number of aryl methyl sites for hydroxylation is 1. The number of piperazine rings is 1. The monoisotopic (exact) mass is 1020 g/mol. The van der Waals surface area contributed by atoms with Crippen molar-refractivity contribution in [3.05, 3.63) is 77.7 Å². The Morgan fingerprint density at radius 1 is 0.861 bits per heavy atom. The van der Waals surface area contributed by atoms with E-state index in [-0.39, 0.29) is 92.2 Å². The Bertz CT molecular complexity index is 2590. The Morgan fingerprint density at radius 3 is 2.22 bits per heavy atom. The number of hydrogen-bond donors (Lipinski definition) is 2. The van der Waals surface area contributed by atoms with Gasteiger partial charge in [-0.2, -0.15) is 0 Å². The maximum Gasteiger partial charge on any atom is 0.274 e. The van der Waals surface area contributed by atoms with Gasteiger partial charge in [-0.1, -0.05) is 25.3 Å². The number of benzene rings is 1. The molecule has 72 heavy (non-hydrogen) atoms. The molecule has 2 saturated heterocycles. The lowest BCUT2D eigenvalue weighted by Crippen LogP contribution is -2.59. The molecule has 21 heteroatoms. The van der Waals surface area contributed by atoms with Gasteiger partial charge in [-0.3, -0.25) is 24.3 Å². The third kappa shape index (κ3) is 13.3. The lowest BCUT2D eigenvalue weighted by molar-refractivity contribution is -0.139. The molecule has 1 aromatic carbocycles. The van der Waals surface area contributed by atoms with Crippen LogP contribution in [-0.4, -0.2) is 164 Å². The van der Waals surface area contributed by atoms with E-state index in [0.29, 0.717) is 45.5 Å². The minimum atomic E-state index is -1.07. The molecule has 0 unspecified atom stereocenters. The summed E-state index contributed by atoms with van der Waals surface area (Å²) in [7, 11) is 3.26. The summed E-state index contributed by atoms with van der Waals surface area (Å²) in [6.45, 7) is 9.09. The maximum atomic E-state index is 14.6.